The van der Waals surface area contributed by atoms with Crippen molar-refractivity contribution in [2.45, 2.75) is 36.6 Å². The van der Waals surface area contributed by atoms with Crippen molar-refractivity contribution in [3.63, 3.8) is 0 Å². The number of imidazole rings is 1. The van der Waals surface area contributed by atoms with Gasteiger partial charge in [0.05, 0.1) is 6.42 Å². The summed E-state index contributed by atoms with van der Waals surface area (Å²) in [7, 11) is 0. The molecule has 0 saturated heterocycles. The van der Waals surface area contributed by atoms with Crippen molar-refractivity contribution in [3.8, 4) is 11.4 Å². The Labute approximate surface area is 161 Å². The highest BCUT2D eigenvalue weighted by Crippen LogP contribution is 2.40. The molecule has 1 aromatic carbocycles. The lowest BCUT2D eigenvalue weighted by atomic mass is 10.2. The number of fused-ring (bicyclic) bond motifs is 1. The van der Waals surface area contributed by atoms with Gasteiger partial charge in [0, 0.05) is 22.4 Å². The zero-order valence-corrected chi connectivity index (χ0v) is 15.5. The van der Waals surface area contributed by atoms with Crippen molar-refractivity contribution in [1.82, 2.24) is 19.5 Å². The van der Waals surface area contributed by atoms with E-state index in [1.807, 2.05) is 16.7 Å². The lowest BCUT2D eigenvalue weighted by Crippen LogP contribution is -2.12. The Bertz CT molecular complexity index is 1040. The summed E-state index contributed by atoms with van der Waals surface area (Å²) in [6, 6.07) is 7.29. The third-order valence-electron chi connectivity index (χ3n) is 4.17. The zero-order valence-electron chi connectivity index (χ0n) is 13.9. The number of hydrogen-bond acceptors (Lipinski definition) is 4. The second kappa shape index (κ2) is 6.87. The van der Waals surface area contributed by atoms with Crippen LogP contribution in [0.3, 0.4) is 0 Å². The second-order valence-corrected chi connectivity index (χ2v) is 7.82. The molecule has 27 heavy (non-hydrogen) atoms. The van der Waals surface area contributed by atoms with Gasteiger partial charge in [-0.3, -0.25) is 9.78 Å². The maximum absolute atomic E-state index is 12.4. The Kier molecular flexibility index (Phi) is 4.67. The van der Waals surface area contributed by atoms with Crippen LogP contribution in [0.25, 0.3) is 22.6 Å². The third kappa shape index (κ3) is 3.98. The molecule has 1 N–H and O–H groups in total. The van der Waals surface area contributed by atoms with Gasteiger partial charge in [0.1, 0.15) is 5.82 Å². The van der Waals surface area contributed by atoms with Gasteiger partial charge >= 0.3 is 6.18 Å². The summed E-state index contributed by atoms with van der Waals surface area (Å²) < 4.78 is 39.0. The summed E-state index contributed by atoms with van der Waals surface area (Å²) in [6.07, 6.45) is -3.31. The predicted molar refractivity (Wildman–Crippen MR) is 98.3 cm³/mol. The third-order valence-corrected chi connectivity index (χ3v) is 5.29. The maximum atomic E-state index is 12.4. The smallest absolute Gasteiger partial charge is 0.305 e. The van der Waals surface area contributed by atoms with E-state index in [-0.39, 0.29) is 22.5 Å². The van der Waals surface area contributed by atoms with E-state index in [0.717, 1.165) is 30.2 Å². The summed E-state index contributed by atoms with van der Waals surface area (Å²) >= 11 is 6.82. The molecule has 4 rings (SSSR count). The Morgan fingerprint density at radius 2 is 1.93 bits per heavy atom. The summed E-state index contributed by atoms with van der Waals surface area (Å²) in [5.41, 5.74) is 0.937. The lowest BCUT2D eigenvalue weighted by Gasteiger charge is -2.08. The van der Waals surface area contributed by atoms with Crippen LogP contribution in [-0.2, 0) is 0 Å². The van der Waals surface area contributed by atoms with Crippen molar-refractivity contribution in [2.75, 3.05) is 5.75 Å². The summed E-state index contributed by atoms with van der Waals surface area (Å²) in [5, 5.41) is 0.758. The van der Waals surface area contributed by atoms with E-state index in [1.54, 1.807) is 12.1 Å². The predicted octanol–water partition coefficient (Wildman–Crippen LogP) is 4.82. The van der Waals surface area contributed by atoms with Gasteiger partial charge in [0.2, 0.25) is 0 Å². The molecule has 0 spiro atoms. The monoisotopic (exact) mass is 414 g/mol. The number of alkyl halides is 3. The number of halogens is 4. The highest BCUT2D eigenvalue weighted by molar-refractivity contribution is 7.99. The van der Waals surface area contributed by atoms with Crippen LogP contribution in [0, 0.1) is 0 Å². The number of aromatic amines is 1. The van der Waals surface area contributed by atoms with Crippen molar-refractivity contribution < 1.29 is 13.2 Å². The number of nitrogens with zero attached hydrogens (tertiary/aromatic N) is 3. The fourth-order valence-corrected chi connectivity index (χ4v) is 3.75. The summed E-state index contributed by atoms with van der Waals surface area (Å²) in [6.45, 7) is 0. The van der Waals surface area contributed by atoms with Gasteiger partial charge in [0.25, 0.3) is 5.56 Å². The van der Waals surface area contributed by atoms with Crippen LogP contribution in [0.1, 0.15) is 25.3 Å². The molecule has 10 heteroatoms. The maximum Gasteiger partial charge on any atom is 0.389 e. The minimum absolute atomic E-state index is 0.168. The fourth-order valence-electron chi connectivity index (χ4n) is 2.78. The average molecular weight is 415 g/mol. The Hall–Kier alpha value is -2.00. The van der Waals surface area contributed by atoms with Gasteiger partial charge in [-0.1, -0.05) is 23.4 Å². The first-order valence-electron chi connectivity index (χ1n) is 8.29. The molecule has 0 unspecified atom stereocenters. The van der Waals surface area contributed by atoms with Crippen molar-refractivity contribution in [2.24, 2.45) is 0 Å². The largest absolute Gasteiger partial charge is 0.389 e. The van der Waals surface area contributed by atoms with Gasteiger partial charge in [0.15, 0.2) is 16.3 Å². The molecule has 0 atom stereocenters. The Balaban J connectivity index is 1.76. The number of rotatable bonds is 5. The van der Waals surface area contributed by atoms with Crippen LogP contribution in [0.5, 0.6) is 0 Å². The Morgan fingerprint density at radius 3 is 2.56 bits per heavy atom. The zero-order chi connectivity index (χ0) is 19.2. The first-order valence-corrected chi connectivity index (χ1v) is 9.66. The van der Waals surface area contributed by atoms with Gasteiger partial charge in [-0.05, 0) is 37.1 Å². The van der Waals surface area contributed by atoms with E-state index in [4.69, 9.17) is 11.6 Å². The molecule has 1 fully saturated rings. The first kappa shape index (κ1) is 18.4. The van der Waals surface area contributed by atoms with Crippen LogP contribution in [-0.4, -0.2) is 31.4 Å². The fraction of sp³-hybridized carbons (Fsp3) is 0.353. The van der Waals surface area contributed by atoms with Gasteiger partial charge < -0.3 is 4.57 Å². The van der Waals surface area contributed by atoms with Gasteiger partial charge in [-0.25, -0.2) is 9.97 Å². The summed E-state index contributed by atoms with van der Waals surface area (Å²) in [4.78, 5) is 23.8. The van der Waals surface area contributed by atoms with E-state index < -0.39 is 18.2 Å². The quantitative estimate of drug-likeness (QED) is 0.480. The minimum Gasteiger partial charge on any atom is -0.305 e. The number of H-pyrrole nitrogens is 1. The molecule has 2 aromatic heterocycles. The van der Waals surface area contributed by atoms with Crippen molar-refractivity contribution in [3.05, 3.63) is 39.6 Å². The number of benzene rings is 1. The molecule has 0 aliphatic heterocycles. The van der Waals surface area contributed by atoms with E-state index >= 15 is 0 Å². The van der Waals surface area contributed by atoms with Gasteiger partial charge in [-0.2, -0.15) is 13.2 Å². The van der Waals surface area contributed by atoms with E-state index in [1.165, 1.54) is 0 Å². The van der Waals surface area contributed by atoms with Crippen LogP contribution in [0.15, 0.2) is 34.2 Å². The molecular weight excluding hydrogens is 401 g/mol. The molecule has 0 amide bonds. The minimum atomic E-state index is -4.24. The number of nitrogens with one attached hydrogen (secondary N) is 1. The van der Waals surface area contributed by atoms with Crippen LogP contribution >= 0.6 is 23.4 Å². The van der Waals surface area contributed by atoms with Crippen LogP contribution in [0.4, 0.5) is 13.2 Å². The topological polar surface area (TPSA) is 63.6 Å². The summed E-state index contributed by atoms with van der Waals surface area (Å²) in [5.74, 6) is 0.402. The number of hydrogen-bond donors (Lipinski definition) is 1. The van der Waals surface area contributed by atoms with E-state index in [9.17, 15) is 18.0 Å². The molecule has 142 valence electrons. The second-order valence-electron chi connectivity index (χ2n) is 6.30. The standard InChI is InChI=1S/C17H14ClF3N4OS/c18-10-3-1-9(2-4-10)13-22-12-14(25(13)11-5-6-11)23-16(24-15(12)26)27-8-7-17(19,20)21/h1-4,11H,5-8H2,(H,23,24,26). The molecule has 1 aliphatic carbocycles. The normalized spacial score (nSPS) is 14.8. The van der Waals surface area contributed by atoms with Crippen molar-refractivity contribution >= 4 is 34.5 Å². The SMILES string of the molecule is O=c1[nH]c(SCCC(F)(F)F)nc2c1nc(-c1ccc(Cl)cc1)n2C1CC1. The van der Waals surface area contributed by atoms with Crippen LogP contribution in [0.2, 0.25) is 5.02 Å². The molecule has 3 aromatic rings. The number of thioether (sulfide) groups is 1. The molecule has 1 aliphatic rings. The highest BCUT2D eigenvalue weighted by atomic mass is 35.5. The number of aromatic nitrogens is 4. The Morgan fingerprint density at radius 1 is 1.22 bits per heavy atom. The van der Waals surface area contributed by atoms with Gasteiger partial charge in [-0.15, -0.1) is 0 Å². The molecule has 0 radical (unpaired) electrons. The molecule has 0 bridgehead atoms. The van der Waals surface area contributed by atoms with E-state index in [0.29, 0.717) is 16.5 Å². The molecular formula is C17H14ClF3N4OS. The highest BCUT2D eigenvalue weighted by Gasteiger charge is 2.31. The van der Waals surface area contributed by atoms with E-state index in [2.05, 4.69) is 15.0 Å². The molecule has 1 saturated carbocycles. The van der Waals surface area contributed by atoms with Crippen LogP contribution < -0.4 is 5.56 Å². The molecule has 5 nitrogen and oxygen atoms in total. The lowest BCUT2D eigenvalue weighted by molar-refractivity contribution is -0.129. The van der Waals surface area contributed by atoms with Crippen molar-refractivity contribution in [1.29, 1.82) is 0 Å². The molecule has 2 heterocycles. The average Bonchev–Trinajstić information content (AvgIpc) is 3.35. The first-order chi connectivity index (χ1) is 12.8.